The number of H-pyrrole nitrogens is 2. The van der Waals surface area contributed by atoms with Gasteiger partial charge in [0.05, 0.1) is 0 Å². The van der Waals surface area contributed by atoms with Gasteiger partial charge in [-0.25, -0.2) is 9.59 Å². The predicted octanol–water partition coefficient (Wildman–Crippen LogP) is 0.421. The molecule has 0 unspecified atom stereocenters. The Balaban J connectivity index is 1.91. The molecule has 1 aromatic heterocycles. The first kappa shape index (κ1) is 16.2. The molecule has 3 N–H and O–H groups in total. The van der Waals surface area contributed by atoms with E-state index in [1.54, 1.807) is 12.1 Å². The molecule has 0 aliphatic heterocycles. The summed E-state index contributed by atoms with van der Waals surface area (Å²) >= 11 is 0. The van der Waals surface area contributed by atoms with Crippen molar-refractivity contribution in [2.24, 2.45) is 0 Å². The SMILES string of the molecule is CCc1ccc(NC(=O)COC(=O)c2c[nH]c(=O)[nH]c2=O)cc1. The second-order valence-corrected chi connectivity index (χ2v) is 4.66. The van der Waals surface area contributed by atoms with Gasteiger partial charge in [0.25, 0.3) is 11.5 Å². The number of benzene rings is 1. The van der Waals surface area contributed by atoms with E-state index < -0.39 is 29.7 Å². The van der Waals surface area contributed by atoms with Crippen LogP contribution in [0.2, 0.25) is 0 Å². The van der Waals surface area contributed by atoms with Crippen molar-refractivity contribution in [3.63, 3.8) is 0 Å². The number of esters is 1. The summed E-state index contributed by atoms with van der Waals surface area (Å²) in [5, 5.41) is 2.56. The summed E-state index contributed by atoms with van der Waals surface area (Å²) in [6.07, 6.45) is 1.82. The summed E-state index contributed by atoms with van der Waals surface area (Å²) in [4.78, 5) is 49.7. The number of ether oxygens (including phenoxy) is 1. The van der Waals surface area contributed by atoms with Crippen molar-refractivity contribution in [1.82, 2.24) is 9.97 Å². The van der Waals surface area contributed by atoms with Crippen LogP contribution in [0.1, 0.15) is 22.8 Å². The number of carbonyl (C=O) groups is 2. The van der Waals surface area contributed by atoms with Crippen molar-refractivity contribution >= 4 is 17.6 Å². The van der Waals surface area contributed by atoms with E-state index in [0.29, 0.717) is 5.69 Å². The molecule has 1 amide bonds. The maximum Gasteiger partial charge on any atom is 0.345 e. The fourth-order valence-electron chi connectivity index (χ4n) is 1.79. The molecule has 0 spiro atoms. The zero-order chi connectivity index (χ0) is 16.8. The molecule has 0 saturated heterocycles. The normalized spacial score (nSPS) is 10.1. The smallest absolute Gasteiger partial charge is 0.345 e. The second kappa shape index (κ2) is 7.21. The first-order valence-electron chi connectivity index (χ1n) is 6.87. The van der Waals surface area contributed by atoms with Gasteiger partial charge in [0.1, 0.15) is 5.56 Å². The summed E-state index contributed by atoms with van der Waals surface area (Å²) in [5.74, 6) is -1.54. The molecular weight excluding hydrogens is 302 g/mol. The van der Waals surface area contributed by atoms with Gasteiger partial charge in [0.2, 0.25) is 0 Å². The van der Waals surface area contributed by atoms with E-state index in [1.165, 1.54) is 0 Å². The van der Waals surface area contributed by atoms with E-state index in [1.807, 2.05) is 24.0 Å². The van der Waals surface area contributed by atoms with Gasteiger partial charge in [0.15, 0.2) is 6.61 Å². The molecule has 8 heteroatoms. The summed E-state index contributed by atoms with van der Waals surface area (Å²) in [6, 6.07) is 7.24. The molecule has 0 aliphatic carbocycles. The molecule has 2 aromatic rings. The number of hydrogen-bond acceptors (Lipinski definition) is 5. The van der Waals surface area contributed by atoms with Crippen LogP contribution in [-0.4, -0.2) is 28.5 Å². The Bertz CT molecular complexity index is 820. The van der Waals surface area contributed by atoms with Crippen molar-refractivity contribution in [1.29, 1.82) is 0 Å². The van der Waals surface area contributed by atoms with Crippen LogP contribution in [0.4, 0.5) is 5.69 Å². The Morgan fingerprint density at radius 3 is 2.48 bits per heavy atom. The Morgan fingerprint density at radius 2 is 1.87 bits per heavy atom. The minimum absolute atomic E-state index is 0.385. The number of aromatic nitrogens is 2. The molecule has 120 valence electrons. The van der Waals surface area contributed by atoms with Crippen LogP contribution >= 0.6 is 0 Å². The average molecular weight is 317 g/mol. The van der Waals surface area contributed by atoms with E-state index in [0.717, 1.165) is 18.2 Å². The van der Waals surface area contributed by atoms with Gasteiger partial charge >= 0.3 is 11.7 Å². The highest BCUT2D eigenvalue weighted by atomic mass is 16.5. The van der Waals surface area contributed by atoms with Crippen molar-refractivity contribution < 1.29 is 14.3 Å². The second-order valence-electron chi connectivity index (χ2n) is 4.66. The van der Waals surface area contributed by atoms with Crippen molar-refractivity contribution in [3.05, 3.63) is 62.4 Å². The molecule has 0 bridgehead atoms. The lowest BCUT2D eigenvalue weighted by atomic mass is 10.1. The largest absolute Gasteiger partial charge is 0.452 e. The lowest BCUT2D eigenvalue weighted by molar-refractivity contribution is -0.119. The van der Waals surface area contributed by atoms with E-state index in [-0.39, 0.29) is 5.56 Å². The van der Waals surface area contributed by atoms with Crippen LogP contribution in [0, 0.1) is 0 Å². The van der Waals surface area contributed by atoms with Gasteiger partial charge < -0.3 is 15.0 Å². The molecule has 0 atom stereocenters. The average Bonchev–Trinajstić information content (AvgIpc) is 2.53. The highest BCUT2D eigenvalue weighted by Gasteiger charge is 2.14. The number of anilines is 1. The van der Waals surface area contributed by atoms with Gasteiger partial charge in [-0.15, -0.1) is 0 Å². The van der Waals surface area contributed by atoms with Gasteiger partial charge in [-0.3, -0.25) is 14.6 Å². The quantitative estimate of drug-likeness (QED) is 0.690. The molecule has 1 aromatic carbocycles. The summed E-state index contributed by atoms with van der Waals surface area (Å²) in [5.41, 5.74) is -0.296. The molecule has 0 fully saturated rings. The fourth-order valence-corrected chi connectivity index (χ4v) is 1.79. The Morgan fingerprint density at radius 1 is 1.17 bits per heavy atom. The van der Waals surface area contributed by atoms with E-state index in [4.69, 9.17) is 4.74 Å². The van der Waals surface area contributed by atoms with Crippen LogP contribution in [0.25, 0.3) is 0 Å². The number of amides is 1. The number of aryl methyl sites for hydroxylation is 1. The Labute approximate surface area is 130 Å². The van der Waals surface area contributed by atoms with Crippen LogP contribution in [0.5, 0.6) is 0 Å². The Hall–Kier alpha value is -3.16. The molecule has 0 saturated carbocycles. The standard InChI is InChI=1S/C15H15N3O5/c1-2-9-3-5-10(6-4-9)17-12(19)8-23-14(21)11-7-16-15(22)18-13(11)20/h3-7H,2,8H2,1H3,(H,17,19)(H2,16,18,20,22). The van der Waals surface area contributed by atoms with Gasteiger partial charge in [-0.2, -0.15) is 0 Å². The van der Waals surface area contributed by atoms with Crippen LogP contribution in [-0.2, 0) is 16.0 Å². The minimum atomic E-state index is -1.00. The lowest BCUT2D eigenvalue weighted by Crippen LogP contribution is -2.29. The van der Waals surface area contributed by atoms with Crippen molar-refractivity contribution in [3.8, 4) is 0 Å². The van der Waals surface area contributed by atoms with Crippen molar-refractivity contribution in [2.75, 3.05) is 11.9 Å². The van der Waals surface area contributed by atoms with Crippen LogP contribution < -0.4 is 16.6 Å². The third kappa shape index (κ3) is 4.40. The van der Waals surface area contributed by atoms with Crippen molar-refractivity contribution in [2.45, 2.75) is 13.3 Å². The maximum atomic E-state index is 11.7. The third-order valence-electron chi connectivity index (χ3n) is 3.02. The molecule has 23 heavy (non-hydrogen) atoms. The minimum Gasteiger partial charge on any atom is -0.452 e. The number of hydrogen-bond donors (Lipinski definition) is 3. The third-order valence-corrected chi connectivity index (χ3v) is 3.02. The topological polar surface area (TPSA) is 121 Å². The molecule has 2 rings (SSSR count). The molecule has 1 heterocycles. The highest BCUT2D eigenvalue weighted by molar-refractivity contribution is 5.95. The first-order valence-corrected chi connectivity index (χ1v) is 6.87. The zero-order valence-corrected chi connectivity index (χ0v) is 12.3. The van der Waals surface area contributed by atoms with Crippen LogP contribution in [0.3, 0.4) is 0 Å². The molecule has 8 nitrogen and oxygen atoms in total. The van der Waals surface area contributed by atoms with Gasteiger partial charge in [0, 0.05) is 11.9 Å². The first-order chi connectivity index (χ1) is 11.0. The predicted molar refractivity (Wildman–Crippen MR) is 82.4 cm³/mol. The monoisotopic (exact) mass is 317 g/mol. The molecular formula is C15H15N3O5. The van der Waals surface area contributed by atoms with E-state index in [9.17, 15) is 19.2 Å². The summed E-state index contributed by atoms with van der Waals surface area (Å²) in [6.45, 7) is 1.47. The molecule has 0 radical (unpaired) electrons. The number of aromatic amines is 2. The zero-order valence-electron chi connectivity index (χ0n) is 12.3. The van der Waals surface area contributed by atoms with Gasteiger partial charge in [-0.05, 0) is 24.1 Å². The van der Waals surface area contributed by atoms with E-state index in [2.05, 4.69) is 10.3 Å². The number of nitrogens with one attached hydrogen (secondary N) is 3. The molecule has 0 aliphatic rings. The number of rotatable bonds is 5. The fraction of sp³-hybridized carbons (Fsp3) is 0.200. The number of carbonyl (C=O) groups excluding carboxylic acids is 2. The summed E-state index contributed by atoms with van der Waals surface area (Å²) in [7, 11) is 0. The van der Waals surface area contributed by atoms with Gasteiger partial charge in [-0.1, -0.05) is 19.1 Å². The summed E-state index contributed by atoms with van der Waals surface area (Å²) < 4.78 is 4.73. The Kier molecular flexibility index (Phi) is 5.08. The lowest BCUT2D eigenvalue weighted by Gasteiger charge is -2.07. The van der Waals surface area contributed by atoms with Crippen LogP contribution in [0.15, 0.2) is 40.1 Å². The maximum absolute atomic E-state index is 11.7. The van der Waals surface area contributed by atoms with E-state index >= 15 is 0 Å². The highest BCUT2D eigenvalue weighted by Crippen LogP contribution is 2.09.